The van der Waals surface area contributed by atoms with Gasteiger partial charge >= 0.3 is 0 Å². The lowest BCUT2D eigenvalue weighted by molar-refractivity contribution is -0.130. The van der Waals surface area contributed by atoms with E-state index >= 15 is 0 Å². The molecule has 3 rings (SSSR count). The molecule has 2 aromatic rings. The van der Waals surface area contributed by atoms with Crippen LogP contribution in [0, 0.1) is 0 Å². The van der Waals surface area contributed by atoms with Crippen LogP contribution in [0.3, 0.4) is 0 Å². The molecule has 0 radical (unpaired) electrons. The van der Waals surface area contributed by atoms with Crippen LogP contribution >= 0.6 is 11.6 Å². The minimum absolute atomic E-state index is 0.0513. The molecule has 0 unspecified atom stereocenters. The average molecular weight is 357 g/mol. The first-order chi connectivity index (χ1) is 12.1. The van der Waals surface area contributed by atoms with E-state index in [0.29, 0.717) is 31.1 Å². The molecule has 0 atom stereocenters. The molecule has 25 heavy (non-hydrogen) atoms. The van der Waals surface area contributed by atoms with Gasteiger partial charge in [-0.05, 0) is 29.7 Å². The summed E-state index contributed by atoms with van der Waals surface area (Å²) < 4.78 is 0. The fourth-order valence-electron chi connectivity index (χ4n) is 3.14. The van der Waals surface area contributed by atoms with Gasteiger partial charge in [-0.1, -0.05) is 48.0 Å². The fraction of sp³-hybridized carbons (Fsp3) is 0.300. The van der Waals surface area contributed by atoms with Crippen LogP contribution in [0.1, 0.15) is 24.5 Å². The summed E-state index contributed by atoms with van der Waals surface area (Å²) in [6.07, 6.45) is 1.19. The highest BCUT2D eigenvalue weighted by molar-refractivity contribution is 6.31. The summed E-state index contributed by atoms with van der Waals surface area (Å²) in [4.78, 5) is 28.1. The summed E-state index contributed by atoms with van der Waals surface area (Å²) in [7, 11) is 0. The van der Waals surface area contributed by atoms with Crippen LogP contribution < -0.4 is 4.90 Å². The Balaban J connectivity index is 1.63. The number of nitrogens with zero attached hydrogens (tertiary/aromatic N) is 2. The number of carbonyl (C=O) groups excluding carboxylic acids is 2. The van der Waals surface area contributed by atoms with Crippen LogP contribution in [0.5, 0.6) is 0 Å². The number of rotatable bonds is 5. The molecule has 0 saturated carbocycles. The molecule has 1 heterocycles. The van der Waals surface area contributed by atoms with E-state index in [4.69, 9.17) is 11.6 Å². The average Bonchev–Trinajstić information content (AvgIpc) is 3.03. The topological polar surface area (TPSA) is 40.6 Å². The summed E-state index contributed by atoms with van der Waals surface area (Å²) in [5.41, 5.74) is 3.08. The van der Waals surface area contributed by atoms with Crippen LogP contribution in [0.15, 0.2) is 48.5 Å². The lowest BCUT2D eigenvalue weighted by Crippen LogP contribution is -2.35. The lowest BCUT2D eigenvalue weighted by atomic mass is 10.2. The second kappa shape index (κ2) is 7.70. The van der Waals surface area contributed by atoms with Gasteiger partial charge in [0, 0.05) is 43.7 Å². The number of para-hydroxylation sites is 1. The van der Waals surface area contributed by atoms with Crippen molar-refractivity contribution in [3.8, 4) is 0 Å². The smallest absolute Gasteiger partial charge is 0.228 e. The van der Waals surface area contributed by atoms with E-state index in [1.165, 1.54) is 12.5 Å². The Labute approximate surface area is 153 Å². The molecule has 2 aromatic carbocycles. The predicted molar refractivity (Wildman–Crippen MR) is 99.7 cm³/mol. The quantitative estimate of drug-likeness (QED) is 0.820. The molecule has 1 aliphatic heterocycles. The van der Waals surface area contributed by atoms with Gasteiger partial charge in [0.15, 0.2) is 0 Å². The number of hydrogen-bond donors (Lipinski definition) is 0. The monoisotopic (exact) mass is 356 g/mol. The second-order valence-corrected chi connectivity index (χ2v) is 6.61. The minimum atomic E-state index is -0.0606. The molecule has 0 spiro atoms. The second-order valence-electron chi connectivity index (χ2n) is 6.21. The Bertz CT molecular complexity index is 791. The zero-order chi connectivity index (χ0) is 17.8. The van der Waals surface area contributed by atoms with Crippen LogP contribution in [0.25, 0.3) is 0 Å². The summed E-state index contributed by atoms with van der Waals surface area (Å²) in [5.74, 6) is -0.00935. The van der Waals surface area contributed by atoms with E-state index in [1.54, 1.807) is 4.90 Å². The first kappa shape index (κ1) is 17.5. The number of anilines is 1. The van der Waals surface area contributed by atoms with Gasteiger partial charge in [0.1, 0.15) is 0 Å². The number of hydrogen-bond acceptors (Lipinski definition) is 2. The zero-order valence-electron chi connectivity index (χ0n) is 14.2. The van der Waals surface area contributed by atoms with E-state index in [0.717, 1.165) is 17.7 Å². The molecule has 4 nitrogen and oxygen atoms in total. The van der Waals surface area contributed by atoms with E-state index in [-0.39, 0.29) is 11.8 Å². The number of carbonyl (C=O) groups is 2. The van der Waals surface area contributed by atoms with Crippen molar-refractivity contribution >= 4 is 29.1 Å². The Hall–Kier alpha value is -2.33. The normalized spacial score (nSPS) is 12.8. The Morgan fingerprint density at radius 1 is 1.12 bits per heavy atom. The fourth-order valence-corrected chi connectivity index (χ4v) is 3.34. The highest BCUT2D eigenvalue weighted by Crippen LogP contribution is 2.28. The molecule has 2 amide bonds. The van der Waals surface area contributed by atoms with Crippen LogP contribution in [0.2, 0.25) is 5.02 Å². The third-order valence-electron chi connectivity index (χ3n) is 4.55. The maximum Gasteiger partial charge on any atom is 0.228 e. The first-order valence-corrected chi connectivity index (χ1v) is 8.81. The number of benzene rings is 2. The summed E-state index contributed by atoms with van der Waals surface area (Å²) >= 11 is 6.18. The molecule has 0 N–H and O–H groups in total. The van der Waals surface area contributed by atoms with Crippen molar-refractivity contribution in [3.05, 3.63) is 64.7 Å². The number of amides is 2. The Morgan fingerprint density at radius 2 is 1.84 bits per heavy atom. The third-order valence-corrected chi connectivity index (χ3v) is 4.92. The van der Waals surface area contributed by atoms with E-state index in [9.17, 15) is 9.59 Å². The number of halogens is 1. The predicted octanol–water partition coefficient (Wildman–Crippen LogP) is 3.67. The van der Waals surface area contributed by atoms with Gasteiger partial charge in [-0.25, -0.2) is 0 Å². The van der Waals surface area contributed by atoms with Crippen molar-refractivity contribution in [2.75, 3.05) is 18.0 Å². The molecule has 0 fully saturated rings. The van der Waals surface area contributed by atoms with Gasteiger partial charge in [0.2, 0.25) is 11.8 Å². The molecule has 5 heteroatoms. The first-order valence-electron chi connectivity index (χ1n) is 8.43. The van der Waals surface area contributed by atoms with Gasteiger partial charge in [0.25, 0.3) is 0 Å². The highest BCUT2D eigenvalue weighted by Gasteiger charge is 2.24. The number of fused-ring (bicyclic) bond motifs is 1. The minimum Gasteiger partial charge on any atom is -0.338 e. The van der Waals surface area contributed by atoms with Crippen molar-refractivity contribution in [3.63, 3.8) is 0 Å². The molecular weight excluding hydrogens is 336 g/mol. The molecule has 0 aromatic heterocycles. The standard InChI is InChI=1S/C20H21ClN2O2/c1-15(24)22(14-17-7-2-4-8-18(17)21)12-11-20(25)23-13-10-16-6-3-5-9-19(16)23/h2-9H,10-14H2,1H3. The van der Waals surface area contributed by atoms with Crippen molar-refractivity contribution in [1.29, 1.82) is 0 Å². The van der Waals surface area contributed by atoms with Gasteiger partial charge in [0.05, 0.1) is 0 Å². The SMILES string of the molecule is CC(=O)N(CCC(=O)N1CCc2ccccc21)Cc1ccccc1Cl. The van der Waals surface area contributed by atoms with Gasteiger partial charge in [-0.2, -0.15) is 0 Å². The third kappa shape index (κ3) is 4.02. The van der Waals surface area contributed by atoms with E-state index < -0.39 is 0 Å². The molecule has 0 saturated heterocycles. The van der Waals surface area contributed by atoms with Gasteiger partial charge < -0.3 is 9.80 Å². The maximum absolute atomic E-state index is 12.6. The summed E-state index contributed by atoms with van der Waals surface area (Å²) in [5, 5.41) is 0.633. The van der Waals surface area contributed by atoms with Gasteiger partial charge in [-0.15, -0.1) is 0 Å². The van der Waals surface area contributed by atoms with Crippen molar-refractivity contribution in [1.82, 2.24) is 4.90 Å². The molecule has 0 aliphatic carbocycles. The molecule has 0 bridgehead atoms. The summed E-state index contributed by atoms with van der Waals surface area (Å²) in [6.45, 7) is 3.03. The highest BCUT2D eigenvalue weighted by atomic mass is 35.5. The largest absolute Gasteiger partial charge is 0.338 e. The van der Waals surface area contributed by atoms with Crippen molar-refractivity contribution in [2.45, 2.75) is 26.3 Å². The van der Waals surface area contributed by atoms with Crippen molar-refractivity contribution in [2.24, 2.45) is 0 Å². The van der Waals surface area contributed by atoms with Crippen LogP contribution in [-0.4, -0.2) is 29.8 Å². The lowest BCUT2D eigenvalue weighted by Gasteiger charge is -2.23. The van der Waals surface area contributed by atoms with Crippen molar-refractivity contribution < 1.29 is 9.59 Å². The van der Waals surface area contributed by atoms with Crippen LogP contribution in [-0.2, 0) is 22.6 Å². The molecule has 1 aliphatic rings. The van der Waals surface area contributed by atoms with Gasteiger partial charge in [-0.3, -0.25) is 9.59 Å². The maximum atomic E-state index is 12.6. The zero-order valence-corrected chi connectivity index (χ0v) is 15.0. The van der Waals surface area contributed by atoms with E-state index in [1.807, 2.05) is 47.4 Å². The Kier molecular flexibility index (Phi) is 5.39. The van der Waals surface area contributed by atoms with E-state index in [2.05, 4.69) is 6.07 Å². The van der Waals surface area contributed by atoms with Crippen LogP contribution in [0.4, 0.5) is 5.69 Å². The molecular formula is C20H21ClN2O2. The Morgan fingerprint density at radius 3 is 2.60 bits per heavy atom. The molecule has 130 valence electrons. The summed E-state index contributed by atoms with van der Waals surface area (Å²) in [6, 6.07) is 15.4.